The van der Waals surface area contributed by atoms with Crippen molar-refractivity contribution in [3.05, 3.63) is 47.5 Å². The predicted molar refractivity (Wildman–Crippen MR) is 87.9 cm³/mol. The zero-order valence-electron chi connectivity index (χ0n) is 13.3. The lowest BCUT2D eigenvalue weighted by Crippen LogP contribution is -2.34. The molecular formula is C17H22ClN3O. The summed E-state index contributed by atoms with van der Waals surface area (Å²) in [6, 6.07) is 7.41. The molecular weight excluding hydrogens is 298 g/mol. The lowest BCUT2D eigenvalue weighted by Gasteiger charge is -2.28. The molecule has 4 nitrogen and oxygen atoms in total. The fraction of sp³-hybridized carbons (Fsp3) is 0.471. The van der Waals surface area contributed by atoms with Crippen molar-refractivity contribution in [1.82, 2.24) is 14.8 Å². The van der Waals surface area contributed by atoms with Crippen molar-refractivity contribution < 1.29 is 4.79 Å². The van der Waals surface area contributed by atoms with Crippen molar-refractivity contribution >= 4 is 17.4 Å². The monoisotopic (exact) mass is 319 g/mol. The Balaban J connectivity index is 2.18. The summed E-state index contributed by atoms with van der Waals surface area (Å²) < 4.78 is 1.68. The van der Waals surface area contributed by atoms with E-state index in [1.54, 1.807) is 11.0 Å². The highest BCUT2D eigenvalue weighted by atomic mass is 35.5. The van der Waals surface area contributed by atoms with E-state index < -0.39 is 5.41 Å². The van der Waals surface area contributed by atoms with Gasteiger partial charge in [0.25, 0.3) is 0 Å². The molecule has 2 rings (SSSR count). The van der Waals surface area contributed by atoms with Gasteiger partial charge in [-0.1, -0.05) is 50.9 Å². The second kappa shape index (κ2) is 7.05. The van der Waals surface area contributed by atoms with Crippen LogP contribution in [0.5, 0.6) is 0 Å². The molecule has 0 saturated heterocycles. The molecule has 0 spiro atoms. The Morgan fingerprint density at radius 1 is 1.32 bits per heavy atom. The summed E-state index contributed by atoms with van der Waals surface area (Å²) in [7, 11) is 0. The smallest absolute Gasteiger partial charge is 0.163 e. The maximum absolute atomic E-state index is 13.0. The number of hydrogen-bond donors (Lipinski definition) is 0. The Labute approximate surface area is 136 Å². The fourth-order valence-corrected chi connectivity index (χ4v) is 2.81. The van der Waals surface area contributed by atoms with Crippen LogP contribution < -0.4 is 0 Å². The lowest BCUT2D eigenvalue weighted by molar-refractivity contribution is -0.131. The van der Waals surface area contributed by atoms with Gasteiger partial charge in [0.1, 0.15) is 18.7 Å². The van der Waals surface area contributed by atoms with Crippen molar-refractivity contribution in [1.29, 1.82) is 0 Å². The second-order valence-electron chi connectivity index (χ2n) is 6.23. The van der Waals surface area contributed by atoms with Gasteiger partial charge in [-0.05, 0) is 30.5 Å². The molecule has 0 aliphatic heterocycles. The first kappa shape index (κ1) is 16.7. The minimum atomic E-state index is -0.473. The Bertz CT molecular complexity index is 605. The molecule has 1 aromatic heterocycles. The van der Waals surface area contributed by atoms with E-state index in [0.717, 1.165) is 18.4 Å². The first-order chi connectivity index (χ1) is 10.4. The number of Topliss-reactive ketones (excluding diaryl/α,β-unsaturated/α-hetero) is 1. The molecule has 0 N–H and O–H groups in total. The van der Waals surface area contributed by atoms with Crippen LogP contribution in [-0.4, -0.2) is 20.5 Å². The molecule has 1 unspecified atom stereocenters. The van der Waals surface area contributed by atoms with E-state index >= 15 is 0 Å². The van der Waals surface area contributed by atoms with Gasteiger partial charge in [-0.2, -0.15) is 5.10 Å². The van der Waals surface area contributed by atoms with Crippen LogP contribution in [0.15, 0.2) is 36.9 Å². The summed E-state index contributed by atoms with van der Waals surface area (Å²) in [5, 5.41) is 4.86. The number of carbonyl (C=O) groups excluding carboxylic acids is 1. The van der Waals surface area contributed by atoms with E-state index in [-0.39, 0.29) is 11.8 Å². The SMILES string of the molecule is CCCC(C(=O)C(C)(C)Cc1ccc(Cl)cc1)n1cncn1. The highest BCUT2D eigenvalue weighted by Crippen LogP contribution is 2.30. The molecule has 1 atom stereocenters. The van der Waals surface area contributed by atoms with Gasteiger partial charge in [-0.25, -0.2) is 9.67 Å². The van der Waals surface area contributed by atoms with Crippen LogP contribution in [0.4, 0.5) is 0 Å². The van der Waals surface area contributed by atoms with Crippen molar-refractivity contribution in [2.75, 3.05) is 0 Å². The normalized spacial score (nSPS) is 13.1. The van der Waals surface area contributed by atoms with Gasteiger partial charge in [0.2, 0.25) is 0 Å². The Kier molecular flexibility index (Phi) is 5.35. The minimum Gasteiger partial charge on any atom is -0.297 e. The van der Waals surface area contributed by atoms with Gasteiger partial charge in [0, 0.05) is 10.4 Å². The van der Waals surface area contributed by atoms with Gasteiger partial charge in [0.05, 0.1) is 0 Å². The Hall–Kier alpha value is -1.68. The highest BCUT2D eigenvalue weighted by molar-refractivity contribution is 6.30. The summed E-state index contributed by atoms with van der Waals surface area (Å²) in [6.45, 7) is 6.05. The van der Waals surface area contributed by atoms with Crippen LogP contribution in [0.2, 0.25) is 5.02 Å². The van der Waals surface area contributed by atoms with Gasteiger partial charge in [-0.15, -0.1) is 0 Å². The largest absolute Gasteiger partial charge is 0.297 e. The standard InChI is InChI=1S/C17H22ClN3O/c1-4-5-15(21-12-19-11-20-21)16(22)17(2,3)10-13-6-8-14(18)9-7-13/h6-9,11-12,15H,4-5,10H2,1-3H3. The molecule has 5 heteroatoms. The number of carbonyl (C=O) groups is 1. The molecule has 2 aromatic rings. The van der Waals surface area contributed by atoms with Crippen LogP contribution >= 0.6 is 11.6 Å². The minimum absolute atomic E-state index is 0.190. The number of halogens is 1. The zero-order valence-corrected chi connectivity index (χ0v) is 14.0. The number of rotatable bonds is 7. The third-order valence-electron chi connectivity index (χ3n) is 3.85. The fourth-order valence-electron chi connectivity index (χ4n) is 2.69. The van der Waals surface area contributed by atoms with Gasteiger partial charge in [0.15, 0.2) is 5.78 Å². The van der Waals surface area contributed by atoms with E-state index in [9.17, 15) is 4.79 Å². The Morgan fingerprint density at radius 3 is 2.55 bits per heavy atom. The summed E-state index contributed by atoms with van der Waals surface area (Å²) in [5.74, 6) is 0.190. The second-order valence-corrected chi connectivity index (χ2v) is 6.67. The molecule has 0 aliphatic rings. The molecule has 1 heterocycles. The van der Waals surface area contributed by atoms with E-state index in [0.29, 0.717) is 11.4 Å². The lowest BCUT2D eigenvalue weighted by atomic mass is 9.78. The average Bonchev–Trinajstić information content (AvgIpc) is 3.00. The molecule has 0 saturated carbocycles. The van der Waals surface area contributed by atoms with Gasteiger partial charge >= 0.3 is 0 Å². The molecule has 0 bridgehead atoms. The summed E-state index contributed by atoms with van der Waals surface area (Å²) in [4.78, 5) is 17.0. The predicted octanol–water partition coefficient (Wildman–Crippen LogP) is 4.11. The number of benzene rings is 1. The number of hydrogen-bond acceptors (Lipinski definition) is 3. The van der Waals surface area contributed by atoms with E-state index in [4.69, 9.17) is 11.6 Å². The molecule has 22 heavy (non-hydrogen) atoms. The van der Waals surface area contributed by atoms with Crippen molar-refractivity contribution in [3.63, 3.8) is 0 Å². The third kappa shape index (κ3) is 3.95. The number of aromatic nitrogens is 3. The van der Waals surface area contributed by atoms with Crippen molar-refractivity contribution in [3.8, 4) is 0 Å². The topological polar surface area (TPSA) is 47.8 Å². The average molecular weight is 320 g/mol. The van der Waals surface area contributed by atoms with Crippen LogP contribution in [0, 0.1) is 5.41 Å². The summed E-state index contributed by atoms with van der Waals surface area (Å²) in [5.41, 5.74) is 0.635. The molecule has 0 radical (unpaired) electrons. The van der Waals surface area contributed by atoms with E-state index in [1.165, 1.54) is 6.33 Å². The number of nitrogens with zero attached hydrogens (tertiary/aromatic N) is 3. The molecule has 1 aromatic carbocycles. The maximum atomic E-state index is 13.0. The van der Waals surface area contributed by atoms with E-state index in [1.807, 2.05) is 38.1 Å². The van der Waals surface area contributed by atoms with Crippen LogP contribution in [0.1, 0.15) is 45.2 Å². The van der Waals surface area contributed by atoms with Gasteiger partial charge in [-0.3, -0.25) is 4.79 Å². The quantitative estimate of drug-likeness (QED) is 0.771. The van der Waals surface area contributed by atoms with Crippen LogP contribution in [0.3, 0.4) is 0 Å². The van der Waals surface area contributed by atoms with Crippen molar-refractivity contribution in [2.45, 2.75) is 46.1 Å². The zero-order chi connectivity index (χ0) is 16.2. The number of ketones is 1. The van der Waals surface area contributed by atoms with Crippen LogP contribution in [-0.2, 0) is 11.2 Å². The maximum Gasteiger partial charge on any atom is 0.163 e. The molecule has 0 fully saturated rings. The summed E-state index contributed by atoms with van der Waals surface area (Å²) >= 11 is 5.92. The molecule has 0 amide bonds. The van der Waals surface area contributed by atoms with Gasteiger partial charge < -0.3 is 0 Å². The van der Waals surface area contributed by atoms with E-state index in [2.05, 4.69) is 17.0 Å². The first-order valence-corrected chi connectivity index (χ1v) is 7.94. The third-order valence-corrected chi connectivity index (χ3v) is 4.10. The molecule has 0 aliphatic carbocycles. The van der Waals surface area contributed by atoms with Crippen LogP contribution in [0.25, 0.3) is 0 Å². The first-order valence-electron chi connectivity index (χ1n) is 7.57. The van der Waals surface area contributed by atoms with Crippen molar-refractivity contribution in [2.24, 2.45) is 5.41 Å². The Morgan fingerprint density at radius 2 is 2.00 bits per heavy atom. The molecule has 118 valence electrons. The highest BCUT2D eigenvalue weighted by Gasteiger charge is 2.34. The summed E-state index contributed by atoms with van der Waals surface area (Å²) in [6.07, 6.45) is 5.47.